The van der Waals surface area contributed by atoms with Crippen LogP contribution in [0.2, 0.25) is 0 Å². The van der Waals surface area contributed by atoms with Crippen LogP contribution < -0.4 is 0 Å². The van der Waals surface area contributed by atoms with E-state index in [0.717, 1.165) is 89.9 Å². The Labute approximate surface area is 510 Å². The van der Waals surface area contributed by atoms with Crippen LogP contribution in [0.1, 0.15) is 387 Å². The fourth-order valence-corrected chi connectivity index (χ4v) is 10.8. The smallest absolute Gasteiger partial charge is 0.306 e. The molecule has 0 aromatic rings. The van der Waals surface area contributed by atoms with Crippen LogP contribution in [0.3, 0.4) is 0 Å². The van der Waals surface area contributed by atoms with Crippen molar-refractivity contribution in [2.75, 3.05) is 13.2 Å². The largest absolute Gasteiger partial charge is 0.462 e. The van der Waals surface area contributed by atoms with Gasteiger partial charge in [-0.15, -0.1) is 0 Å². The van der Waals surface area contributed by atoms with Crippen LogP contribution in [-0.4, -0.2) is 37.2 Å². The Bertz CT molecular complexity index is 1460. The van der Waals surface area contributed by atoms with E-state index in [1.807, 2.05) is 0 Å². The molecule has 0 aromatic heterocycles. The van der Waals surface area contributed by atoms with Crippen molar-refractivity contribution in [1.82, 2.24) is 0 Å². The lowest BCUT2D eigenvalue weighted by atomic mass is 10.0. The monoisotopic (exact) mass is 1150 g/mol. The summed E-state index contributed by atoms with van der Waals surface area (Å²) in [5.74, 6) is -0.873. The number of hydrogen-bond acceptors (Lipinski definition) is 6. The third kappa shape index (κ3) is 67.9. The Balaban J connectivity index is 4.20. The van der Waals surface area contributed by atoms with E-state index < -0.39 is 6.10 Å². The molecule has 82 heavy (non-hydrogen) atoms. The maximum atomic E-state index is 12.9. The number of ether oxygens (including phenoxy) is 3. The summed E-state index contributed by atoms with van der Waals surface area (Å²) in [6.07, 6.45) is 91.2. The van der Waals surface area contributed by atoms with Gasteiger partial charge in [-0.2, -0.15) is 0 Å². The molecule has 0 saturated heterocycles. The lowest BCUT2D eigenvalue weighted by Crippen LogP contribution is -2.30. The van der Waals surface area contributed by atoms with Crippen molar-refractivity contribution in [2.45, 2.75) is 393 Å². The third-order valence-electron chi connectivity index (χ3n) is 16.2. The van der Waals surface area contributed by atoms with Gasteiger partial charge >= 0.3 is 17.9 Å². The van der Waals surface area contributed by atoms with Crippen molar-refractivity contribution >= 4 is 17.9 Å². The summed E-state index contributed by atoms with van der Waals surface area (Å²) in [7, 11) is 0. The van der Waals surface area contributed by atoms with Gasteiger partial charge in [0.1, 0.15) is 13.2 Å². The van der Waals surface area contributed by atoms with E-state index in [0.29, 0.717) is 19.3 Å². The van der Waals surface area contributed by atoms with Crippen LogP contribution in [0.4, 0.5) is 0 Å². The predicted molar refractivity (Wildman–Crippen MR) is 358 cm³/mol. The van der Waals surface area contributed by atoms with Gasteiger partial charge < -0.3 is 14.2 Å². The molecule has 0 amide bonds. The normalized spacial score (nSPS) is 12.4. The van der Waals surface area contributed by atoms with E-state index in [4.69, 9.17) is 14.2 Å². The summed E-state index contributed by atoms with van der Waals surface area (Å²) in [5, 5.41) is 0. The molecule has 6 nitrogen and oxygen atoms in total. The molecule has 478 valence electrons. The van der Waals surface area contributed by atoms with E-state index in [2.05, 4.69) is 81.5 Å². The summed E-state index contributed by atoms with van der Waals surface area (Å²) >= 11 is 0. The second-order valence-electron chi connectivity index (χ2n) is 24.5. The summed E-state index contributed by atoms with van der Waals surface area (Å²) < 4.78 is 17.0. The van der Waals surface area contributed by atoms with Crippen LogP contribution in [0.5, 0.6) is 0 Å². The van der Waals surface area contributed by atoms with Gasteiger partial charge in [0.05, 0.1) is 0 Å². The van der Waals surface area contributed by atoms with E-state index in [1.54, 1.807) is 0 Å². The van der Waals surface area contributed by atoms with Gasteiger partial charge in [-0.3, -0.25) is 14.4 Å². The van der Waals surface area contributed by atoms with Crippen molar-refractivity contribution in [3.05, 3.63) is 60.8 Å². The number of rotatable bonds is 67. The molecule has 0 saturated carbocycles. The van der Waals surface area contributed by atoms with Crippen LogP contribution in [0.15, 0.2) is 60.8 Å². The zero-order valence-corrected chi connectivity index (χ0v) is 55.0. The van der Waals surface area contributed by atoms with Gasteiger partial charge in [0, 0.05) is 19.3 Å². The van der Waals surface area contributed by atoms with Crippen molar-refractivity contribution in [3.8, 4) is 0 Å². The average Bonchev–Trinajstić information content (AvgIpc) is 3.47. The lowest BCUT2D eigenvalue weighted by Gasteiger charge is -2.18. The predicted octanol–water partition coefficient (Wildman–Crippen LogP) is 25.1. The van der Waals surface area contributed by atoms with Gasteiger partial charge in [0.2, 0.25) is 0 Å². The molecule has 0 spiro atoms. The second kappa shape index (κ2) is 70.6. The molecule has 0 bridgehead atoms. The van der Waals surface area contributed by atoms with E-state index in [-0.39, 0.29) is 31.1 Å². The van der Waals surface area contributed by atoms with Gasteiger partial charge in [-0.05, 0) is 103 Å². The Hall–Kier alpha value is -2.89. The van der Waals surface area contributed by atoms with Crippen LogP contribution in [0, 0.1) is 0 Å². The molecule has 0 aliphatic carbocycles. The molecule has 0 aliphatic rings. The molecule has 6 heteroatoms. The lowest BCUT2D eigenvalue weighted by molar-refractivity contribution is -0.167. The Morgan fingerprint density at radius 3 is 0.756 bits per heavy atom. The topological polar surface area (TPSA) is 78.9 Å². The second-order valence-corrected chi connectivity index (χ2v) is 24.5. The highest BCUT2D eigenvalue weighted by atomic mass is 16.6. The quantitative estimate of drug-likeness (QED) is 0.0261. The molecule has 0 aliphatic heterocycles. The van der Waals surface area contributed by atoms with Crippen molar-refractivity contribution < 1.29 is 28.6 Å². The Morgan fingerprint density at radius 2 is 0.476 bits per heavy atom. The summed E-state index contributed by atoms with van der Waals surface area (Å²) in [4.78, 5) is 38.4. The van der Waals surface area contributed by atoms with Gasteiger partial charge in [-0.25, -0.2) is 0 Å². The summed E-state index contributed by atoms with van der Waals surface area (Å²) in [5.41, 5.74) is 0. The third-order valence-corrected chi connectivity index (χ3v) is 16.2. The highest BCUT2D eigenvalue weighted by molar-refractivity contribution is 5.71. The Kier molecular flexibility index (Phi) is 68.1. The minimum absolute atomic E-state index is 0.0774. The van der Waals surface area contributed by atoms with Crippen LogP contribution in [0.25, 0.3) is 0 Å². The molecule has 0 aromatic carbocycles. The number of allylic oxidation sites excluding steroid dienone is 10. The molecule has 0 fully saturated rings. The van der Waals surface area contributed by atoms with E-state index in [9.17, 15) is 14.4 Å². The minimum atomic E-state index is -0.783. The average molecular weight is 1150 g/mol. The molecular formula is C76H138O6. The summed E-state index contributed by atoms with van der Waals surface area (Å²) in [6.45, 7) is 6.57. The first-order valence-corrected chi connectivity index (χ1v) is 36.3. The maximum absolute atomic E-state index is 12.9. The van der Waals surface area contributed by atoms with E-state index in [1.165, 1.54) is 257 Å². The number of carbonyl (C=O) groups excluding carboxylic acids is 3. The zero-order chi connectivity index (χ0) is 59.2. The van der Waals surface area contributed by atoms with Gasteiger partial charge in [-0.1, -0.05) is 326 Å². The van der Waals surface area contributed by atoms with Gasteiger partial charge in [0.25, 0.3) is 0 Å². The first kappa shape index (κ1) is 79.1. The molecule has 1 atom stereocenters. The van der Waals surface area contributed by atoms with E-state index >= 15 is 0 Å². The minimum Gasteiger partial charge on any atom is -0.462 e. The zero-order valence-electron chi connectivity index (χ0n) is 55.0. The van der Waals surface area contributed by atoms with Crippen molar-refractivity contribution in [1.29, 1.82) is 0 Å². The number of esters is 3. The van der Waals surface area contributed by atoms with Crippen LogP contribution in [-0.2, 0) is 28.6 Å². The fraction of sp³-hybridized carbons (Fsp3) is 0.829. The molecule has 0 radical (unpaired) electrons. The molecule has 0 N–H and O–H groups in total. The fourth-order valence-electron chi connectivity index (χ4n) is 10.8. The molecule has 1 unspecified atom stereocenters. The first-order chi connectivity index (χ1) is 40.5. The SMILES string of the molecule is CC/C=C\C/C=C\C/C=C\CCCCCCCCCC(=O)OC(COC(=O)CCCCCCC/C=C\CCCCCCCCC)COC(=O)CCCCCCCCCCCCCCCCCCCCC/C=C\CCCCCCCCCC. The van der Waals surface area contributed by atoms with Crippen molar-refractivity contribution in [2.24, 2.45) is 0 Å². The number of hydrogen-bond donors (Lipinski definition) is 0. The number of unbranched alkanes of at least 4 members (excludes halogenated alkanes) is 46. The molecular weight excluding hydrogens is 1010 g/mol. The highest BCUT2D eigenvalue weighted by Crippen LogP contribution is 2.18. The van der Waals surface area contributed by atoms with Gasteiger partial charge in [0.15, 0.2) is 6.10 Å². The standard InChI is InChI=1S/C76H138O6/c1-4-7-10-13-16-19-22-25-28-31-32-33-34-35-36-37-38-39-40-41-42-43-44-46-48-51-54-57-60-63-66-69-75(78)81-72-73(71-80-74(77)68-65-62-59-56-53-50-47-30-27-24-21-18-15-12-9-6-3)82-76(79)70-67-64-61-58-55-52-49-45-29-26-23-20-17-14-11-8-5-2/h8,11,17,20,26,29-32,47,73H,4-7,9-10,12-16,18-19,21-25,27-28,33-46,48-72H2,1-3H3/b11-8-,20-17-,29-26-,32-31-,47-30-. The molecule has 0 heterocycles. The first-order valence-electron chi connectivity index (χ1n) is 36.3. The number of carbonyl (C=O) groups is 3. The summed E-state index contributed by atoms with van der Waals surface area (Å²) in [6, 6.07) is 0. The Morgan fingerprint density at radius 1 is 0.256 bits per heavy atom. The maximum Gasteiger partial charge on any atom is 0.306 e. The van der Waals surface area contributed by atoms with Crippen LogP contribution >= 0.6 is 0 Å². The highest BCUT2D eigenvalue weighted by Gasteiger charge is 2.19. The van der Waals surface area contributed by atoms with Crippen molar-refractivity contribution in [3.63, 3.8) is 0 Å². The molecule has 0 rings (SSSR count).